The largest absolute Gasteiger partial charge is 0.377 e. The van der Waals surface area contributed by atoms with Gasteiger partial charge in [0.15, 0.2) is 5.78 Å². The van der Waals surface area contributed by atoms with Crippen LogP contribution in [0.4, 0.5) is 8.78 Å². The number of Topliss-reactive ketones (excluding diaryl/α,β-unsaturated/α-hetero) is 1. The van der Waals surface area contributed by atoms with Crippen molar-refractivity contribution in [2.75, 3.05) is 6.61 Å². The third-order valence-electron chi connectivity index (χ3n) is 3.61. The van der Waals surface area contributed by atoms with Crippen molar-refractivity contribution >= 4 is 5.78 Å². The fraction of sp³-hybridized carbons (Fsp3) is 0.467. The third-order valence-corrected chi connectivity index (χ3v) is 3.61. The number of ether oxygens (including phenoxy) is 1. The molecule has 0 amide bonds. The second-order valence-electron chi connectivity index (χ2n) is 4.88. The van der Waals surface area contributed by atoms with Crippen LogP contribution >= 0.6 is 0 Å². The van der Waals surface area contributed by atoms with Gasteiger partial charge < -0.3 is 4.74 Å². The fourth-order valence-corrected chi connectivity index (χ4v) is 2.63. The summed E-state index contributed by atoms with van der Waals surface area (Å²) in [4.78, 5) is 12.4. The van der Waals surface area contributed by atoms with Crippen LogP contribution < -0.4 is 0 Å². The van der Waals surface area contributed by atoms with Gasteiger partial charge in [0.2, 0.25) is 0 Å². The maximum atomic E-state index is 13.2. The summed E-state index contributed by atoms with van der Waals surface area (Å²) < 4.78 is 31.9. The van der Waals surface area contributed by atoms with Crippen LogP contribution in [0.3, 0.4) is 0 Å². The molecule has 0 spiro atoms. The van der Waals surface area contributed by atoms with Crippen molar-refractivity contribution in [1.29, 1.82) is 5.26 Å². The number of benzene rings is 1. The summed E-state index contributed by atoms with van der Waals surface area (Å²) >= 11 is 0. The van der Waals surface area contributed by atoms with E-state index >= 15 is 0 Å². The highest BCUT2D eigenvalue weighted by Gasteiger charge is 2.37. The molecule has 1 aliphatic rings. The van der Waals surface area contributed by atoms with Gasteiger partial charge in [-0.15, -0.1) is 0 Å². The lowest BCUT2D eigenvalue weighted by atomic mass is 9.84. The molecule has 1 fully saturated rings. The fourth-order valence-electron chi connectivity index (χ4n) is 2.63. The number of carbonyl (C=O) groups is 1. The highest BCUT2D eigenvalue weighted by atomic mass is 19.1. The van der Waals surface area contributed by atoms with Crippen molar-refractivity contribution in [3.05, 3.63) is 35.4 Å². The molecular formula is C15H15F2NO2. The van der Waals surface area contributed by atoms with Gasteiger partial charge in [-0.2, -0.15) is 5.26 Å². The lowest BCUT2D eigenvalue weighted by Crippen LogP contribution is -2.28. The summed E-state index contributed by atoms with van der Waals surface area (Å²) in [5, 5.41) is 9.19. The topological polar surface area (TPSA) is 50.1 Å². The number of rotatable bonds is 4. The normalized spacial score (nSPS) is 23.3. The Morgan fingerprint density at radius 1 is 1.45 bits per heavy atom. The van der Waals surface area contributed by atoms with E-state index in [1.165, 1.54) is 0 Å². The molecule has 0 bridgehead atoms. The average Bonchev–Trinajstić information content (AvgIpc) is 2.86. The van der Waals surface area contributed by atoms with E-state index in [0.29, 0.717) is 19.4 Å². The SMILES string of the molecule is CCC1OCCC1C(=O)C(C#N)c1cc(F)cc(F)c1. The quantitative estimate of drug-likeness (QED) is 0.851. The van der Waals surface area contributed by atoms with Gasteiger partial charge in [0.25, 0.3) is 0 Å². The summed E-state index contributed by atoms with van der Waals surface area (Å²) in [6.07, 6.45) is 1.01. The van der Waals surface area contributed by atoms with E-state index in [4.69, 9.17) is 4.74 Å². The second-order valence-corrected chi connectivity index (χ2v) is 4.88. The third kappa shape index (κ3) is 2.86. The Morgan fingerprint density at radius 2 is 2.10 bits per heavy atom. The smallest absolute Gasteiger partial charge is 0.160 e. The van der Waals surface area contributed by atoms with Gasteiger partial charge in [0.05, 0.1) is 12.2 Å². The Balaban J connectivity index is 2.28. The lowest BCUT2D eigenvalue weighted by Gasteiger charge is -2.18. The van der Waals surface area contributed by atoms with Crippen molar-refractivity contribution in [3.8, 4) is 6.07 Å². The van der Waals surface area contributed by atoms with E-state index in [-0.39, 0.29) is 23.4 Å². The van der Waals surface area contributed by atoms with E-state index in [1.54, 1.807) is 0 Å². The van der Waals surface area contributed by atoms with Gasteiger partial charge in [-0.1, -0.05) is 6.92 Å². The maximum absolute atomic E-state index is 13.2. The Kier molecular flexibility index (Phi) is 4.46. The van der Waals surface area contributed by atoms with E-state index in [2.05, 4.69) is 0 Å². The minimum Gasteiger partial charge on any atom is -0.377 e. The van der Waals surface area contributed by atoms with Gasteiger partial charge in [0, 0.05) is 18.6 Å². The zero-order chi connectivity index (χ0) is 14.7. The number of ketones is 1. The van der Waals surface area contributed by atoms with Crippen molar-refractivity contribution in [3.63, 3.8) is 0 Å². The molecule has 1 aromatic carbocycles. The Morgan fingerprint density at radius 3 is 2.65 bits per heavy atom. The minimum absolute atomic E-state index is 0.0664. The first-order valence-corrected chi connectivity index (χ1v) is 6.57. The van der Waals surface area contributed by atoms with E-state index in [0.717, 1.165) is 18.2 Å². The number of halogens is 2. The van der Waals surface area contributed by atoms with Crippen LogP contribution in [0.25, 0.3) is 0 Å². The summed E-state index contributed by atoms with van der Waals surface area (Å²) in [6.45, 7) is 2.38. The van der Waals surface area contributed by atoms with Crippen LogP contribution in [-0.4, -0.2) is 18.5 Å². The molecule has 3 nitrogen and oxygen atoms in total. The molecule has 1 saturated heterocycles. The zero-order valence-corrected chi connectivity index (χ0v) is 11.1. The predicted molar refractivity (Wildman–Crippen MR) is 67.9 cm³/mol. The molecule has 0 N–H and O–H groups in total. The summed E-state index contributed by atoms with van der Waals surface area (Å²) in [5.41, 5.74) is 0.0664. The number of nitriles is 1. The van der Waals surface area contributed by atoms with Crippen LogP contribution in [0.5, 0.6) is 0 Å². The second kappa shape index (κ2) is 6.10. The first-order chi connectivity index (χ1) is 9.56. The molecule has 0 aromatic heterocycles. The van der Waals surface area contributed by atoms with Crippen molar-refractivity contribution in [1.82, 2.24) is 0 Å². The molecule has 5 heteroatoms. The highest BCUT2D eigenvalue weighted by molar-refractivity contribution is 5.91. The van der Waals surface area contributed by atoms with Gasteiger partial charge >= 0.3 is 0 Å². The Bertz CT molecular complexity index is 533. The molecule has 2 rings (SSSR count). The van der Waals surface area contributed by atoms with Gasteiger partial charge in [0.1, 0.15) is 17.6 Å². The molecule has 0 radical (unpaired) electrons. The highest BCUT2D eigenvalue weighted by Crippen LogP contribution is 2.30. The van der Waals surface area contributed by atoms with Gasteiger partial charge in [-0.3, -0.25) is 4.79 Å². The van der Waals surface area contributed by atoms with Crippen molar-refractivity contribution in [2.45, 2.75) is 31.8 Å². The zero-order valence-electron chi connectivity index (χ0n) is 11.1. The maximum Gasteiger partial charge on any atom is 0.160 e. The van der Waals surface area contributed by atoms with Crippen LogP contribution in [0.1, 0.15) is 31.2 Å². The molecule has 1 heterocycles. The van der Waals surface area contributed by atoms with Gasteiger partial charge in [-0.25, -0.2) is 8.78 Å². The van der Waals surface area contributed by atoms with Gasteiger partial charge in [-0.05, 0) is 30.5 Å². The first-order valence-electron chi connectivity index (χ1n) is 6.57. The molecule has 1 aliphatic heterocycles. The minimum atomic E-state index is -1.15. The molecule has 0 saturated carbocycles. The monoisotopic (exact) mass is 279 g/mol. The summed E-state index contributed by atoms with van der Waals surface area (Å²) in [7, 11) is 0. The number of nitrogens with zero attached hydrogens (tertiary/aromatic N) is 1. The van der Waals surface area contributed by atoms with E-state index in [1.807, 2.05) is 13.0 Å². The molecule has 3 atom stereocenters. The molecule has 0 aliphatic carbocycles. The lowest BCUT2D eigenvalue weighted by molar-refractivity contribution is -0.124. The number of hydrogen-bond donors (Lipinski definition) is 0. The molecule has 1 aromatic rings. The Labute approximate surface area is 116 Å². The van der Waals surface area contributed by atoms with Crippen LogP contribution in [0, 0.1) is 28.9 Å². The Hall–Kier alpha value is -1.80. The number of carbonyl (C=O) groups excluding carboxylic acids is 1. The molecule has 3 unspecified atom stereocenters. The molecule has 20 heavy (non-hydrogen) atoms. The van der Waals surface area contributed by atoms with Crippen LogP contribution in [0.15, 0.2) is 18.2 Å². The van der Waals surface area contributed by atoms with E-state index in [9.17, 15) is 18.8 Å². The average molecular weight is 279 g/mol. The molecular weight excluding hydrogens is 264 g/mol. The first kappa shape index (κ1) is 14.6. The van der Waals surface area contributed by atoms with E-state index < -0.39 is 17.6 Å². The van der Waals surface area contributed by atoms with Crippen molar-refractivity contribution in [2.24, 2.45) is 5.92 Å². The van der Waals surface area contributed by atoms with Crippen LogP contribution in [0.2, 0.25) is 0 Å². The number of hydrogen-bond acceptors (Lipinski definition) is 3. The standard InChI is InChI=1S/C15H15F2NO2/c1-2-14-12(3-4-20-14)15(19)13(8-18)9-5-10(16)7-11(17)6-9/h5-7,12-14H,2-4H2,1H3. The summed E-state index contributed by atoms with van der Waals surface area (Å²) in [6, 6.07) is 4.64. The molecule has 106 valence electrons. The van der Waals surface area contributed by atoms with Crippen molar-refractivity contribution < 1.29 is 18.3 Å². The predicted octanol–water partition coefficient (Wildman–Crippen LogP) is 2.96. The summed E-state index contributed by atoms with van der Waals surface area (Å²) in [5.74, 6) is -3.43. The van der Waals surface area contributed by atoms with Crippen LogP contribution in [-0.2, 0) is 9.53 Å².